The number of ether oxygens (including phenoxy) is 1. The van der Waals surface area contributed by atoms with Gasteiger partial charge in [0.05, 0.1) is 17.1 Å². The standard InChI is InChI=1S/C20H17F2NO4/c21-15-3-2-13(10-16(15)22)27-12-5-7-20(8-6-12)14-9-11(18(24)25)1-4-17(14)23-19(20)26/h1-4,9-10,12H,5-8H2,(H,23,26)(H,24,25). The first kappa shape index (κ1) is 17.5. The fourth-order valence-corrected chi connectivity index (χ4v) is 3.99. The van der Waals surface area contributed by atoms with Gasteiger partial charge in [-0.05, 0) is 61.6 Å². The van der Waals surface area contributed by atoms with Crippen molar-refractivity contribution in [2.75, 3.05) is 5.32 Å². The predicted molar refractivity (Wildman–Crippen MR) is 93.0 cm³/mol. The van der Waals surface area contributed by atoms with E-state index in [0.717, 1.165) is 12.1 Å². The summed E-state index contributed by atoms with van der Waals surface area (Å²) in [7, 11) is 0. The molecule has 0 radical (unpaired) electrons. The van der Waals surface area contributed by atoms with Crippen molar-refractivity contribution in [2.45, 2.75) is 37.2 Å². The van der Waals surface area contributed by atoms with Crippen LogP contribution in [0.1, 0.15) is 41.6 Å². The highest BCUT2D eigenvalue weighted by Crippen LogP contribution is 2.48. The highest BCUT2D eigenvalue weighted by molar-refractivity contribution is 6.07. The Morgan fingerprint density at radius 3 is 2.52 bits per heavy atom. The molecule has 1 fully saturated rings. The summed E-state index contributed by atoms with van der Waals surface area (Å²) in [6.07, 6.45) is 1.85. The first-order valence-corrected chi connectivity index (χ1v) is 8.70. The third-order valence-corrected chi connectivity index (χ3v) is 5.44. The Morgan fingerprint density at radius 2 is 1.85 bits per heavy atom. The van der Waals surface area contributed by atoms with Crippen molar-refractivity contribution in [2.24, 2.45) is 0 Å². The zero-order chi connectivity index (χ0) is 19.2. The van der Waals surface area contributed by atoms with E-state index < -0.39 is 23.0 Å². The van der Waals surface area contributed by atoms with E-state index in [-0.39, 0.29) is 23.3 Å². The minimum atomic E-state index is -1.04. The SMILES string of the molecule is O=C(O)c1ccc2c(c1)C1(CCC(Oc3ccc(F)c(F)c3)CC1)C(=O)N2. The zero-order valence-corrected chi connectivity index (χ0v) is 14.3. The minimum Gasteiger partial charge on any atom is -0.490 e. The summed E-state index contributed by atoms with van der Waals surface area (Å²) in [5, 5.41) is 12.1. The number of carbonyl (C=O) groups is 2. The average Bonchev–Trinajstić information content (AvgIpc) is 2.91. The largest absolute Gasteiger partial charge is 0.490 e. The second-order valence-electron chi connectivity index (χ2n) is 6.99. The van der Waals surface area contributed by atoms with Crippen molar-refractivity contribution in [3.63, 3.8) is 0 Å². The monoisotopic (exact) mass is 373 g/mol. The van der Waals surface area contributed by atoms with Gasteiger partial charge in [-0.2, -0.15) is 0 Å². The van der Waals surface area contributed by atoms with Crippen molar-refractivity contribution in [3.05, 3.63) is 59.2 Å². The van der Waals surface area contributed by atoms with Crippen LogP contribution in [-0.4, -0.2) is 23.1 Å². The Hall–Kier alpha value is -2.96. The molecule has 0 bridgehead atoms. The molecule has 1 spiro atoms. The van der Waals surface area contributed by atoms with Crippen molar-refractivity contribution in [1.82, 2.24) is 0 Å². The molecule has 1 amide bonds. The van der Waals surface area contributed by atoms with E-state index >= 15 is 0 Å². The predicted octanol–water partition coefficient (Wildman–Crippen LogP) is 3.87. The van der Waals surface area contributed by atoms with Gasteiger partial charge < -0.3 is 15.2 Å². The lowest BCUT2D eigenvalue weighted by molar-refractivity contribution is -0.122. The number of benzene rings is 2. The smallest absolute Gasteiger partial charge is 0.335 e. The lowest BCUT2D eigenvalue weighted by Gasteiger charge is -2.35. The molecular weight excluding hydrogens is 356 g/mol. The van der Waals surface area contributed by atoms with E-state index in [9.17, 15) is 23.5 Å². The molecule has 1 aliphatic heterocycles. The van der Waals surface area contributed by atoms with E-state index in [1.165, 1.54) is 12.1 Å². The van der Waals surface area contributed by atoms with Crippen LogP contribution in [0.25, 0.3) is 0 Å². The van der Waals surface area contributed by atoms with Crippen LogP contribution in [0.3, 0.4) is 0 Å². The Kier molecular flexibility index (Phi) is 4.09. The molecule has 1 saturated carbocycles. The van der Waals surface area contributed by atoms with E-state index in [2.05, 4.69) is 5.32 Å². The van der Waals surface area contributed by atoms with Gasteiger partial charge in [0.1, 0.15) is 5.75 Å². The molecule has 5 nitrogen and oxygen atoms in total. The van der Waals surface area contributed by atoms with E-state index in [1.54, 1.807) is 12.1 Å². The van der Waals surface area contributed by atoms with Crippen molar-refractivity contribution < 1.29 is 28.2 Å². The number of halogens is 2. The topological polar surface area (TPSA) is 75.6 Å². The van der Waals surface area contributed by atoms with E-state index in [0.29, 0.717) is 36.9 Å². The summed E-state index contributed by atoms with van der Waals surface area (Å²) in [5.41, 5.74) is 0.725. The number of amides is 1. The number of fused-ring (bicyclic) bond motifs is 2. The lowest BCUT2D eigenvalue weighted by Crippen LogP contribution is -2.41. The number of nitrogens with one attached hydrogen (secondary N) is 1. The maximum atomic E-state index is 13.3. The number of aromatic carboxylic acids is 1. The maximum absolute atomic E-state index is 13.3. The molecule has 1 aliphatic carbocycles. The quantitative estimate of drug-likeness (QED) is 0.856. The highest BCUT2D eigenvalue weighted by atomic mass is 19.2. The van der Waals surface area contributed by atoms with E-state index in [1.807, 2.05) is 0 Å². The second kappa shape index (κ2) is 6.33. The zero-order valence-electron chi connectivity index (χ0n) is 14.3. The number of carboxylic acids is 1. The summed E-state index contributed by atoms with van der Waals surface area (Å²) in [4.78, 5) is 23.9. The van der Waals surface area contributed by atoms with Crippen LogP contribution in [-0.2, 0) is 10.2 Å². The molecule has 2 aromatic carbocycles. The second-order valence-corrected chi connectivity index (χ2v) is 6.99. The van der Waals surface area contributed by atoms with Crippen LogP contribution in [0.2, 0.25) is 0 Å². The fourth-order valence-electron chi connectivity index (χ4n) is 3.99. The first-order valence-electron chi connectivity index (χ1n) is 8.70. The molecule has 27 heavy (non-hydrogen) atoms. The van der Waals surface area contributed by atoms with Gasteiger partial charge in [-0.15, -0.1) is 0 Å². The molecule has 140 valence electrons. The van der Waals surface area contributed by atoms with Crippen molar-refractivity contribution in [3.8, 4) is 5.75 Å². The summed E-state index contributed by atoms with van der Waals surface area (Å²) in [5.74, 6) is -2.82. The van der Waals surface area contributed by atoms with Gasteiger partial charge in [-0.25, -0.2) is 13.6 Å². The summed E-state index contributed by atoms with van der Waals surface area (Å²) in [6.45, 7) is 0. The van der Waals surface area contributed by atoms with Gasteiger partial charge >= 0.3 is 5.97 Å². The van der Waals surface area contributed by atoms with Gasteiger partial charge in [0.2, 0.25) is 5.91 Å². The van der Waals surface area contributed by atoms with E-state index in [4.69, 9.17) is 4.74 Å². The number of rotatable bonds is 3. The van der Waals surface area contributed by atoms with Gasteiger partial charge in [0.15, 0.2) is 11.6 Å². The molecule has 4 rings (SSSR count). The van der Waals surface area contributed by atoms with Crippen LogP contribution in [0, 0.1) is 11.6 Å². The number of carboxylic acid groups (broad SMARTS) is 1. The number of hydrogen-bond donors (Lipinski definition) is 2. The van der Waals surface area contributed by atoms with Crippen molar-refractivity contribution in [1.29, 1.82) is 0 Å². The fraction of sp³-hybridized carbons (Fsp3) is 0.300. The maximum Gasteiger partial charge on any atom is 0.335 e. The third-order valence-electron chi connectivity index (χ3n) is 5.44. The molecule has 1 heterocycles. The summed E-state index contributed by atoms with van der Waals surface area (Å²) >= 11 is 0. The normalized spacial score (nSPS) is 23.8. The molecule has 0 atom stereocenters. The Balaban J connectivity index is 1.53. The summed E-state index contributed by atoms with van der Waals surface area (Å²) < 4.78 is 32.1. The highest BCUT2D eigenvalue weighted by Gasteiger charge is 2.49. The van der Waals surface area contributed by atoms with Gasteiger partial charge in [-0.3, -0.25) is 4.79 Å². The molecule has 7 heteroatoms. The van der Waals surface area contributed by atoms with Crippen LogP contribution in [0.15, 0.2) is 36.4 Å². The average molecular weight is 373 g/mol. The van der Waals surface area contributed by atoms with Gasteiger partial charge in [0.25, 0.3) is 0 Å². The Labute approximate surface area is 154 Å². The van der Waals surface area contributed by atoms with Crippen LogP contribution in [0.5, 0.6) is 5.75 Å². The minimum absolute atomic E-state index is 0.133. The Morgan fingerprint density at radius 1 is 1.11 bits per heavy atom. The van der Waals surface area contributed by atoms with Crippen LogP contribution in [0.4, 0.5) is 14.5 Å². The van der Waals surface area contributed by atoms with Crippen LogP contribution < -0.4 is 10.1 Å². The first-order chi connectivity index (χ1) is 12.9. The third kappa shape index (κ3) is 2.93. The van der Waals surface area contributed by atoms with Crippen molar-refractivity contribution >= 4 is 17.6 Å². The number of hydrogen-bond acceptors (Lipinski definition) is 3. The van der Waals surface area contributed by atoms with Crippen LogP contribution >= 0.6 is 0 Å². The number of anilines is 1. The van der Waals surface area contributed by atoms with Gasteiger partial charge in [0, 0.05) is 11.8 Å². The lowest BCUT2D eigenvalue weighted by atomic mass is 9.69. The molecular formula is C20H17F2NO4. The molecule has 2 N–H and O–H groups in total. The number of carbonyl (C=O) groups excluding carboxylic acids is 1. The molecule has 0 saturated heterocycles. The molecule has 2 aliphatic rings. The molecule has 0 unspecified atom stereocenters. The Bertz CT molecular complexity index is 936. The summed E-state index contributed by atoms with van der Waals surface area (Å²) in [6, 6.07) is 8.05. The molecule has 0 aromatic heterocycles. The van der Waals surface area contributed by atoms with Gasteiger partial charge in [-0.1, -0.05) is 0 Å². The molecule has 2 aromatic rings.